The zero-order valence-electron chi connectivity index (χ0n) is 15.6. The van der Waals surface area contributed by atoms with Gasteiger partial charge in [-0.25, -0.2) is 4.98 Å². The molecule has 2 atom stereocenters. The molecule has 3 aromatic rings. The van der Waals surface area contributed by atoms with Gasteiger partial charge in [0.1, 0.15) is 0 Å². The Labute approximate surface area is 162 Å². The van der Waals surface area contributed by atoms with Gasteiger partial charge in [0, 0.05) is 11.6 Å². The van der Waals surface area contributed by atoms with Gasteiger partial charge in [-0.3, -0.25) is 9.59 Å². The quantitative estimate of drug-likeness (QED) is 0.643. The van der Waals surface area contributed by atoms with Crippen molar-refractivity contribution in [2.75, 3.05) is 7.11 Å². The van der Waals surface area contributed by atoms with Crippen molar-refractivity contribution in [3.63, 3.8) is 0 Å². The van der Waals surface area contributed by atoms with E-state index in [1.54, 1.807) is 49.6 Å². The van der Waals surface area contributed by atoms with Crippen LogP contribution in [0.3, 0.4) is 0 Å². The summed E-state index contributed by atoms with van der Waals surface area (Å²) in [5.74, 6) is -1.29. The molecular formula is C21H20N4O3. The summed E-state index contributed by atoms with van der Waals surface area (Å²) in [6, 6.07) is 13.8. The molecule has 7 heteroatoms. The van der Waals surface area contributed by atoms with Crippen molar-refractivity contribution in [2.24, 2.45) is 5.92 Å². The number of methoxy groups -OCH3 is 1. The molecule has 0 spiro atoms. The zero-order chi connectivity index (χ0) is 20.1. The number of nitrogens with one attached hydrogen (secondary N) is 2. The third kappa shape index (κ3) is 4.18. The minimum absolute atomic E-state index is 0.288. The molecule has 0 fully saturated rings. The Morgan fingerprint density at radius 3 is 2.86 bits per heavy atom. The fourth-order valence-corrected chi connectivity index (χ4v) is 3.10. The fourth-order valence-electron chi connectivity index (χ4n) is 3.10. The number of esters is 1. The van der Waals surface area contributed by atoms with Gasteiger partial charge in [0.2, 0.25) is 0 Å². The summed E-state index contributed by atoms with van der Waals surface area (Å²) in [4.78, 5) is 32.1. The van der Waals surface area contributed by atoms with Crippen molar-refractivity contribution in [3.05, 3.63) is 65.5 Å². The number of ether oxygens (including phenoxy) is 1. The number of benzene rings is 2. The summed E-state index contributed by atoms with van der Waals surface area (Å²) >= 11 is 0. The number of aromatic nitrogens is 2. The molecule has 0 bridgehead atoms. The molecule has 2 aromatic carbocycles. The molecule has 3 rings (SSSR count). The number of carbonyl (C=O) groups excluding carboxylic acids is 2. The maximum atomic E-state index is 12.6. The zero-order valence-corrected chi connectivity index (χ0v) is 15.6. The highest BCUT2D eigenvalue weighted by Crippen LogP contribution is 2.17. The number of imidazole rings is 1. The summed E-state index contributed by atoms with van der Waals surface area (Å²) in [7, 11) is 1.32. The molecule has 0 saturated carbocycles. The Hall–Kier alpha value is -3.66. The Kier molecular flexibility index (Phi) is 5.70. The van der Waals surface area contributed by atoms with Gasteiger partial charge in [-0.2, -0.15) is 5.26 Å². The van der Waals surface area contributed by atoms with Gasteiger partial charge < -0.3 is 15.0 Å². The first-order valence-corrected chi connectivity index (χ1v) is 8.82. The average molecular weight is 376 g/mol. The van der Waals surface area contributed by atoms with E-state index in [1.165, 1.54) is 7.11 Å². The number of amides is 1. The van der Waals surface area contributed by atoms with E-state index < -0.39 is 17.9 Å². The molecule has 0 aliphatic heterocycles. The molecule has 0 saturated heterocycles. The molecular weight excluding hydrogens is 356 g/mol. The van der Waals surface area contributed by atoms with Crippen molar-refractivity contribution in [1.82, 2.24) is 15.3 Å². The Morgan fingerprint density at radius 2 is 2.11 bits per heavy atom. The largest absolute Gasteiger partial charge is 0.469 e. The van der Waals surface area contributed by atoms with E-state index in [9.17, 15) is 9.59 Å². The van der Waals surface area contributed by atoms with Gasteiger partial charge in [0.15, 0.2) is 0 Å². The number of fused-ring (bicyclic) bond motifs is 1. The van der Waals surface area contributed by atoms with Gasteiger partial charge in [-0.1, -0.05) is 12.1 Å². The molecule has 0 aliphatic rings. The minimum atomic E-state index is -0.584. The van der Waals surface area contributed by atoms with Gasteiger partial charge in [-0.15, -0.1) is 0 Å². The van der Waals surface area contributed by atoms with Crippen LogP contribution >= 0.6 is 0 Å². The maximum absolute atomic E-state index is 12.6. The van der Waals surface area contributed by atoms with E-state index in [4.69, 9.17) is 10.00 Å². The second kappa shape index (κ2) is 8.35. The Balaban J connectivity index is 1.76. The molecule has 0 aliphatic carbocycles. The maximum Gasteiger partial charge on any atom is 0.311 e. The lowest BCUT2D eigenvalue weighted by molar-refractivity contribution is -0.146. The third-order valence-electron chi connectivity index (χ3n) is 4.66. The molecule has 2 N–H and O–H groups in total. The number of nitrogens with zero attached hydrogens (tertiary/aromatic N) is 2. The van der Waals surface area contributed by atoms with Gasteiger partial charge >= 0.3 is 5.97 Å². The van der Waals surface area contributed by atoms with Crippen molar-refractivity contribution >= 4 is 22.9 Å². The van der Waals surface area contributed by atoms with Crippen LogP contribution in [-0.4, -0.2) is 35.0 Å². The first-order valence-electron chi connectivity index (χ1n) is 8.82. The molecule has 0 radical (unpaired) electrons. The Morgan fingerprint density at radius 1 is 1.29 bits per heavy atom. The van der Waals surface area contributed by atoms with E-state index in [0.717, 1.165) is 16.6 Å². The highest BCUT2D eigenvalue weighted by molar-refractivity contribution is 5.97. The van der Waals surface area contributed by atoms with Crippen LogP contribution in [0.15, 0.2) is 48.8 Å². The van der Waals surface area contributed by atoms with Crippen LogP contribution < -0.4 is 5.32 Å². The highest BCUT2D eigenvalue weighted by atomic mass is 16.5. The van der Waals surface area contributed by atoms with E-state index in [1.807, 2.05) is 6.07 Å². The fraction of sp³-hybridized carbons (Fsp3) is 0.238. The van der Waals surface area contributed by atoms with Crippen molar-refractivity contribution in [1.29, 1.82) is 5.26 Å². The van der Waals surface area contributed by atoms with Crippen LogP contribution in [0, 0.1) is 17.2 Å². The normalized spacial score (nSPS) is 12.8. The summed E-state index contributed by atoms with van der Waals surface area (Å²) < 4.78 is 4.93. The van der Waals surface area contributed by atoms with Crippen LogP contribution in [0.1, 0.15) is 28.4 Å². The second-order valence-corrected chi connectivity index (χ2v) is 6.54. The topological polar surface area (TPSA) is 108 Å². The van der Waals surface area contributed by atoms with E-state index in [-0.39, 0.29) is 5.91 Å². The SMILES string of the molecule is COC(=O)C(Cc1cccc(C#N)c1)C(C)NC(=O)c1ccc2nc[nH]c2c1. The molecule has 28 heavy (non-hydrogen) atoms. The molecule has 1 amide bonds. The number of hydrogen-bond donors (Lipinski definition) is 2. The minimum Gasteiger partial charge on any atom is -0.469 e. The lowest BCUT2D eigenvalue weighted by Crippen LogP contribution is -2.42. The Bertz CT molecular complexity index is 1050. The van der Waals surface area contributed by atoms with E-state index in [2.05, 4.69) is 21.4 Å². The monoisotopic (exact) mass is 376 g/mol. The van der Waals surface area contributed by atoms with Crippen LogP contribution in [0.2, 0.25) is 0 Å². The number of carbonyl (C=O) groups is 2. The average Bonchev–Trinajstić information content (AvgIpc) is 3.19. The molecule has 2 unspecified atom stereocenters. The number of nitriles is 1. The van der Waals surface area contributed by atoms with Crippen LogP contribution in [0.25, 0.3) is 11.0 Å². The van der Waals surface area contributed by atoms with Crippen LogP contribution in [0.5, 0.6) is 0 Å². The van der Waals surface area contributed by atoms with E-state index in [0.29, 0.717) is 17.5 Å². The van der Waals surface area contributed by atoms with Gasteiger partial charge in [0.25, 0.3) is 5.91 Å². The second-order valence-electron chi connectivity index (χ2n) is 6.54. The summed E-state index contributed by atoms with van der Waals surface area (Å²) in [6.45, 7) is 1.77. The van der Waals surface area contributed by atoms with Crippen molar-refractivity contribution in [3.8, 4) is 6.07 Å². The standard InChI is InChI=1S/C21H20N4O3/c1-13(25-20(26)16-6-7-18-19(10-16)24-12-23-18)17(21(27)28-2)9-14-4-3-5-15(8-14)11-22/h3-8,10,12-13,17H,9H2,1-2H3,(H,23,24)(H,25,26). The smallest absolute Gasteiger partial charge is 0.311 e. The predicted octanol–water partition coefficient (Wildman–Crippen LogP) is 2.58. The lowest BCUT2D eigenvalue weighted by Gasteiger charge is -2.23. The highest BCUT2D eigenvalue weighted by Gasteiger charge is 2.28. The lowest BCUT2D eigenvalue weighted by atomic mass is 9.92. The first kappa shape index (κ1) is 19.1. The summed E-state index contributed by atoms with van der Waals surface area (Å²) in [6.07, 6.45) is 1.92. The molecule has 1 aromatic heterocycles. The predicted molar refractivity (Wildman–Crippen MR) is 103 cm³/mol. The molecule has 7 nitrogen and oxygen atoms in total. The van der Waals surface area contributed by atoms with Gasteiger partial charge in [-0.05, 0) is 49.2 Å². The number of hydrogen-bond acceptors (Lipinski definition) is 5. The number of aromatic amines is 1. The van der Waals surface area contributed by atoms with Crippen LogP contribution in [0.4, 0.5) is 0 Å². The van der Waals surface area contributed by atoms with E-state index >= 15 is 0 Å². The van der Waals surface area contributed by atoms with Crippen molar-refractivity contribution < 1.29 is 14.3 Å². The molecule has 1 heterocycles. The summed E-state index contributed by atoms with van der Waals surface area (Å²) in [5.41, 5.74) is 3.35. The first-order chi connectivity index (χ1) is 13.5. The molecule has 142 valence electrons. The van der Waals surface area contributed by atoms with Gasteiger partial charge in [0.05, 0.1) is 42.0 Å². The van der Waals surface area contributed by atoms with Crippen molar-refractivity contribution in [2.45, 2.75) is 19.4 Å². The summed E-state index contributed by atoms with van der Waals surface area (Å²) in [5, 5.41) is 11.9. The van der Waals surface area contributed by atoms with Crippen LogP contribution in [-0.2, 0) is 16.0 Å². The third-order valence-corrected chi connectivity index (χ3v) is 4.66. The number of H-pyrrole nitrogens is 1. The number of rotatable bonds is 6.